The number of carbonyl (C=O) groups is 1. The van der Waals surface area contributed by atoms with Crippen LogP contribution in [0.2, 0.25) is 0 Å². The molecule has 1 aliphatic rings. The number of hydrogen-bond donors (Lipinski definition) is 1. The number of benzene rings is 2. The minimum atomic E-state index is -0.734. The molecule has 0 saturated carbocycles. The molecule has 3 rings (SSSR count). The molecule has 4 nitrogen and oxygen atoms in total. The van der Waals surface area contributed by atoms with Gasteiger partial charge in [-0.2, -0.15) is 5.06 Å². The second-order valence-corrected chi connectivity index (χ2v) is 5.51. The van der Waals surface area contributed by atoms with E-state index in [1.807, 2.05) is 68.4 Å². The molecule has 0 spiro atoms. The van der Waals surface area contributed by atoms with Gasteiger partial charge in [-0.15, -0.1) is 0 Å². The van der Waals surface area contributed by atoms with Crippen LogP contribution >= 0.6 is 0 Å². The molecule has 0 aliphatic carbocycles. The molecule has 2 aromatic carbocycles. The number of rotatable bonds is 3. The van der Waals surface area contributed by atoms with Crippen molar-refractivity contribution in [2.75, 3.05) is 10.4 Å². The lowest BCUT2D eigenvalue weighted by atomic mass is 10.1. The van der Waals surface area contributed by atoms with Crippen molar-refractivity contribution in [3.05, 3.63) is 60.2 Å². The summed E-state index contributed by atoms with van der Waals surface area (Å²) in [6, 6.07) is 17.4. The molecule has 1 saturated heterocycles. The molecule has 21 heavy (non-hydrogen) atoms. The topological polar surface area (TPSA) is 41.6 Å². The molecule has 1 amide bonds. The van der Waals surface area contributed by atoms with Gasteiger partial charge in [0.15, 0.2) is 5.72 Å². The summed E-state index contributed by atoms with van der Waals surface area (Å²) in [6.07, 6.45) is 0.287. The maximum atomic E-state index is 12.2. The van der Waals surface area contributed by atoms with Crippen LogP contribution in [0.5, 0.6) is 0 Å². The van der Waals surface area contributed by atoms with Gasteiger partial charge in [0.2, 0.25) is 0 Å². The molecule has 1 heterocycles. The van der Waals surface area contributed by atoms with E-state index in [2.05, 4.69) is 5.32 Å². The van der Waals surface area contributed by atoms with E-state index in [1.165, 1.54) is 10.6 Å². The van der Waals surface area contributed by atoms with Crippen molar-refractivity contribution in [3.8, 4) is 0 Å². The van der Waals surface area contributed by atoms with Gasteiger partial charge in [-0.05, 0) is 38.1 Å². The zero-order valence-electron chi connectivity index (χ0n) is 12.2. The fraction of sp³-hybridized carbons (Fsp3) is 0.235. The number of hydroxylamine groups is 1. The second-order valence-electron chi connectivity index (χ2n) is 5.51. The summed E-state index contributed by atoms with van der Waals surface area (Å²) in [5.74, 6) is -0.0525. The third-order valence-corrected chi connectivity index (χ3v) is 3.46. The highest BCUT2D eigenvalue weighted by Gasteiger charge is 2.42. The van der Waals surface area contributed by atoms with E-state index in [4.69, 9.17) is 4.84 Å². The first-order valence-corrected chi connectivity index (χ1v) is 6.98. The average molecular weight is 282 g/mol. The normalized spacial score (nSPS) is 21.6. The summed E-state index contributed by atoms with van der Waals surface area (Å²) in [5.41, 5.74) is 2.14. The molecule has 4 heteroatoms. The van der Waals surface area contributed by atoms with Crippen molar-refractivity contribution in [3.63, 3.8) is 0 Å². The molecule has 0 bridgehead atoms. The third kappa shape index (κ3) is 2.90. The zero-order valence-corrected chi connectivity index (χ0v) is 12.2. The van der Waals surface area contributed by atoms with Crippen LogP contribution in [0.3, 0.4) is 0 Å². The number of amides is 1. The van der Waals surface area contributed by atoms with E-state index in [-0.39, 0.29) is 12.3 Å². The Morgan fingerprint density at radius 2 is 1.76 bits per heavy atom. The molecule has 1 aliphatic heterocycles. The second kappa shape index (κ2) is 5.22. The molecule has 2 aromatic rings. The predicted octanol–water partition coefficient (Wildman–Crippen LogP) is 3.49. The van der Waals surface area contributed by atoms with Crippen LogP contribution in [-0.2, 0) is 9.63 Å². The van der Waals surface area contributed by atoms with Gasteiger partial charge in [0.25, 0.3) is 5.91 Å². The van der Waals surface area contributed by atoms with Crippen LogP contribution in [0.4, 0.5) is 11.4 Å². The number of nitrogens with zero attached hydrogens (tertiary/aromatic N) is 1. The van der Waals surface area contributed by atoms with Gasteiger partial charge in [-0.1, -0.05) is 35.9 Å². The Morgan fingerprint density at radius 1 is 1.10 bits per heavy atom. The highest BCUT2D eigenvalue weighted by molar-refractivity contribution is 5.94. The average Bonchev–Trinajstić information content (AvgIpc) is 2.77. The lowest BCUT2D eigenvalue weighted by Crippen LogP contribution is -2.35. The Bertz CT molecular complexity index is 640. The van der Waals surface area contributed by atoms with Crippen molar-refractivity contribution in [2.45, 2.75) is 26.0 Å². The number of para-hydroxylation sites is 1. The van der Waals surface area contributed by atoms with Gasteiger partial charge in [0, 0.05) is 5.69 Å². The summed E-state index contributed by atoms with van der Waals surface area (Å²) in [7, 11) is 0. The Labute approximate surface area is 124 Å². The van der Waals surface area contributed by atoms with Gasteiger partial charge < -0.3 is 5.32 Å². The molecule has 108 valence electrons. The smallest absolute Gasteiger partial charge is 0.255 e. The molecule has 1 N–H and O–H groups in total. The maximum Gasteiger partial charge on any atom is 0.255 e. The Hall–Kier alpha value is -2.33. The van der Waals surface area contributed by atoms with Gasteiger partial charge in [-0.3, -0.25) is 4.79 Å². The van der Waals surface area contributed by atoms with Crippen LogP contribution in [0, 0.1) is 6.92 Å². The number of anilines is 2. The summed E-state index contributed by atoms with van der Waals surface area (Å²) in [4.78, 5) is 18.0. The lowest BCUT2D eigenvalue weighted by molar-refractivity contribution is -0.119. The minimum Gasteiger partial charge on any atom is -0.355 e. The SMILES string of the molecule is Cc1ccc(N[C@]2(C)CC(=O)N(c3ccccc3)O2)cc1. The summed E-state index contributed by atoms with van der Waals surface area (Å²) >= 11 is 0. The van der Waals surface area contributed by atoms with Crippen LogP contribution in [-0.4, -0.2) is 11.6 Å². The van der Waals surface area contributed by atoms with Crippen molar-refractivity contribution in [1.29, 1.82) is 0 Å². The molecule has 0 unspecified atom stereocenters. The van der Waals surface area contributed by atoms with Crippen molar-refractivity contribution < 1.29 is 9.63 Å². The first-order chi connectivity index (χ1) is 10.1. The Balaban J connectivity index is 1.78. The summed E-state index contributed by atoms with van der Waals surface area (Å²) in [5, 5.41) is 4.65. The molecule has 1 fully saturated rings. The first-order valence-electron chi connectivity index (χ1n) is 6.98. The van der Waals surface area contributed by atoms with Crippen LogP contribution in [0.1, 0.15) is 18.9 Å². The van der Waals surface area contributed by atoms with E-state index in [0.717, 1.165) is 11.4 Å². The van der Waals surface area contributed by atoms with Gasteiger partial charge in [-0.25, -0.2) is 4.84 Å². The van der Waals surface area contributed by atoms with E-state index < -0.39 is 5.72 Å². The monoisotopic (exact) mass is 282 g/mol. The zero-order chi connectivity index (χ0) is 14.9. The molecule has 0 aromatic heterocycles. The fourth-order valence-corrected chi connectivity index (χ4v) is 2.41. The van der Waals surface area contributed by atoms with E-state index in [1.54, 1.807) is 0 Å². The summed E-state index contributed by atoms with van der Waals surface area (Å²) in [6.45, 7) is 3.92. The van der Waals surface area contributed by atoms with Crippen LogP contribution < -0.4 is 10.4 Å². The van der Waals surface area contributed by atoms with Crippen molar-refractivity contribution in [2.24, 2.45) is 0 Å². The van der Waals surface area contributed by atoms with Crippen LogP contribution in [0.15, 0.2) is 54.6 Å². The number of aryl methyl sites for hydroxylation is 1. The van der Waals surface area contributed by atoms with Crippen molar-refractivity contribution >= 4 is 17.3 Å². The Morgan fingerprint density at radius 3 is 2.43 bits per heavy atom. The number of carbonyl (C=O) groups excluding carboxylic acids is 1. The van der Waals surface area contributed by atoms with Gasteiger partial charge in [0.05, 0.1) is 12.1 Å². The minimum absolute atomic E-state index is 0.0525. The summed E-state index contributed by atoms with van der Waals surface area (Å²) < 4.78 is 0. The largest absolute Gasteiger partial charge is 0.355 e. The first kappa shape index (κ1) is 13.6. The number of hydrogen-bond acceptors (Lipinski definition) is 3. The Kier molecular flexibility index (Phi) is 3.39. The van der Waals surface area contributed by atoms with Gasteiger partial charge in [0.1, 0.15) is 0 Å². The third-order valence-electron chi connectivity index (χ3n) is 3.46. The van der Waals surface area contributed by atoms with E-state index in [0.29, 0.717) is 0 Å². The predicted molar refractivity (Wildman–Crippen MR) is 82.8 cm³/mol. The van der Waals surface area contributed by atoms with Crippen LogP contribution in [0.25, 0.3) is 0 Å². The van der Waals surface area contributed by atoms with Crippen molar-refractivity contribution in [1.82, 2.24) is 0 Å². The standard InChI is InChI=1S/C17H18N2O2/c1-13-8-10-14(11-9-13)18-17(2)12-16(20)19(21-17)15-6-4-3-5-7-15/h3-11,18H,12H2,1-2H3/t17-/m0/s1. The molecular weight excluding hydrogens is 264 g/mol. The fourth-order valence-electron chi connectivity index (χ4n) is 2.41. The highest BCUT2D eigenvalue weighted by atomic mass is 16.7. The molecule has 1 atom stereocenters. The van der Waals surface area contributed by atoms with E-state index >= 15 is 0 Å². The lowest BCUT2D eigenvalue weighted by Gasteiger charge is -2.26. The highest BCUT2D eigenvalue weighted by Crippen LogP contribution is 2.31. The maximum absolute atomic E-state index is 12.2. The van der Waals surface area contributed by atoms with Gasteiger partial charge >= 0.3 is 0 Å². The van der Waals surface area contributed by atoms with E-state index in [9.17, 15) is 4.79 Å². The molecule has 0 radical (unpaired) electrons. The quantitative estimate of drug-likeness (QED) is 0.937. The number of nitrogens with one attached hydrogen (secondary N) is 1. The molecular formula is C17H18N2O2.